The Morgan fingerprint density at radius 1 is 1.32 bits per heavy atom. The van der Waals surface area contributed by atoms with Gasteiger partial charge in [0.1, 0.15) is 6.04 Å². The van der Waals surface area contributed by atoms with Gasteiger partial charge in [-0.2, -0.15) is 0 Å². The molecule has 19 heavy (non-hydrogen) atoms. The van der Waals surface area contributed by atoms with Crippen LogP contribution in [0.2, 0.25) is 0 Å². The monoisotopic (exact) mass is 272 g/mol. The number of nitrogens with one attached hydrogen (secondary N) is 1. The molecule has 0 aromatic heterocycles. The lowest BCUT2D eigenvalue weighted by atomic mass is 9.95. The SMILES string of the molecule is CC(C)C1CCN(C(=O)N[C@H](CC(=O)O)C(=O)O)C1. The molecule has 1 aliphatic rings. The van der Waals surface area contributed by atoms with E-state index >= 15 is 0 Å². The highest BCUT2D eigenvalue weighted by Crippen LogP contribution is 2.23. The van der Waals surface area contributed by atoms with Gasteiger partial charge >= 0.3 is 18.0 Å². The number of likely N-dealkylation sites (tertiary alicyclic amines) is 1. The molecular weight excluding hydrogens is 252 g/mol. The fourth-order valence-electron chi connectivity index (χ4n) is 2.13. The number of rotatable bonds is 5. The van der Waals surface area contributed by atoms with Crippen molar-refractivity contribution in [2.75, 3.05) is 13.1 Å². The summed E-state index contributed by atoms with van der Waals surface area (Å²) in [5.41, 5.74) is 0. The van der Waals surface area contributed by atoms with Crippen LogP contribution < -0.4 is 5.32 Å². The first-order chi connectivity index (χ1) is 8.81. The molecule has 1 rings (SSSR count). The molecule has 0 aliphatic carbocycles. The Bertz CT molecular complexity index is 369. The third kappa shape index (κ3) is 4.42. The molecule has 1 heterocycles. The second-order valence-corrected chi connectivity index (χ2v) is 5.18. The van der Waals surface area contributed by atoms with Crippen molar-refractivity contribution in [2.24, 2.45) is 11.8 Å². The third-order valence-electron chi connectivity index (χ3n) is 3.43. The predicted octanol–water partition coefficient (Wildman–Crippen LogP) is 0.602. The first-order valence-corrected chi connectivity index (χ1v) is 6.31. The van der Waals surface area contributed by atoms with Gasteiger partial charge in [0.25, 0.3) is 0 Å². The summed E-state index contributed by atoms with van der Waals surface area (Å²) in [4.78, 5) is 34.8. The number of carbonyl (C=O) groups excluding carboxylic acids is 1. The molecule has 0 radical (unpaired) electrons. The van der Waals surface area contributed by atoms with Crippen molar-refractivity contribution in [1.82, 2.24) is 10.2 Å². The van der Waals surface area contributed by atoms with Crippen LogP contribution in [0.4, 0.5) is 4.79 Å². The number of amides is 2. The molecule has 0 aromatic carbocycles. The van der Waals surface area contributed by atoms with E-state index in [-0.39, 0.29) is 0 Å². The highest BCUT2D eigenvalue weighted by Gasteiger charge is 2.31. The molecule has 1 saturated heterocycles. The summed E-state index contributed by atoms with van der Waals surface area (Å²) < 4.78 is 0. The van der Waals surface area contributed by atoms with E-state index in [0.717, 1.165) is 6.42 Å². The van der Waals surface area contributed by atoms with Gasteiger partial charge in [-0.15, -0.1) is 0 Å². The van der Waals surface area contributed by atoms with Crippen LogP contribution in [0.25, 0.3) is 0 Å². The second kappa shape index (κ2) is 6.40. The van der Waals surface area contributed by atoms with Gasteiger partial charge in [0.15, 0.2) is 0 Å². The Morgan fingerprint density at radius 2 is 1.95 bits per heavy atom. The normalized spacial score (nSPS) is 20.4. The maximum Gasteiger partial charge on any atom is 0.326 e. The molecule has 2 atom stereocenters. The van der Waals surface area contributed by atoms with E-state index in [4.69, 9.17) is 10.2 Å². The van der Waals surface area contributed by atoms with Crippen molar-refractivity contribution in [3.63, 3.8) is 0 Å². The van der Waals surface area contributed by atoms with Crippen LogP contribution in [0.5, 0.6) is 0 Å². The zero-order valence-electron chi connectivity index (χ0n) is 11.1. The highest BCUT2D eigenvalue weighted by atomic mass is 16.4. The van der Waals surface area contributed by atoms with Crippen LogP contribution in [-0.4, -0.2) is 52.2 Å². The lowest BCUT2D eigenvalue weighted by Crippen LogP contribution is -2.48. The lowest BCUT2D eigenvalue weighted by molar-refractivity contribution is -0.145. The summed E-state index contributed by atoms with van der Waals surface area (Å²) in [7, 11) is 0. The molecule has 0 saturated carbocycles. The summed E-state index contributed by atoms with van der Waals surface area (Å²) in [6.07, 6.45) is 0.268. The fourth-order valence-corrected chi connectivity index (χ4v) is 2.13. The zero-order valence-corrected chi connectivity index (χ0v) is 11.1. The average Bonchev–Trinajstić information content (AvgIpc) is 2.76. The summed E-state index contributed by atoms with van der Waals surface area (Å²) in [5.74, 6) is -1.72. The topological polar surface area (TPSA) is 107 Å². The maximum absolute atomic E-state index is 11.9. The largest absolute Gasteiger partial charge is 0.481 e. The van der Waals surface area contributed by atoms with Gasteiger partial charge in [-0.3, -0.25) is 4.79 Å². The van der Waals surface area contributed by atoms with Crippen LogP contribution in [0.1, 0.15) is 26.7 Å². The Morgan fingerprint density at radius 3 is 2.37 bits per heavy atom. The number of hydrogen-bond donors (Lipinski definition) is 3. The van der Waals surface area contributed by atoms with Crippen LogP contribution >= 0.6 is 0 Å². The van der Waals surface area contributed by atoms with Gasteiger partial charge in [0.2, 0.25) is 0 Å². The summed E-state index contributed by atoms with van der Waals surface area (Å²) >= 11 is 0. The van der Waals surface area contributed by atoms with Gasteiger partial charge in [-0.05, 0) is 18.3 Å². The summed E-state index contributed by atoms with van der Waals surface area (Å²) in [6.45, 7) is 5.32. The van der Waals surface area contributed by atoms with Gasteiger partial charge in [0.05, 0.1) is 6.42 Å². The van der Waals surface area contributed by atoms with Crippen molar-refractivity contribution >= 4 is 18.0 Å². The van der Waals surface area contributed by atoms with Gasteiger partial charge in [-0.25, -0.2) is 9.59 Å². The van der Waals surface area contributed by atoms with Crippen molar-refractivity contribution in [3.05, 3.63) is 0 Å². The molecular formula is C12H20N2O5. The minimum atomic E-state index is -1.39. The molecule has 7 nitrogen and oxygen atoms in total. The van der Waals surface area contributed by atoms with Gasteiger partial charge < -0.3 is 20.4 Å². The molecule has 0 bridgehead atoms. The highest BCUT2D eigenvalue weighted by molar-refractivity contribution is 5.86. The molecule has 1 unspecified atom stereocenters. The average molecular weight is 272 g/mol. The van der Waals surface area contributed by atoms with Crippen LogP contribution in [0, 0.1) is 11.8 Å². The Hall–Kier alpha value is -1.79. The van der Waals surface area contributed by atoms with Gasteiger partial charge in [0, 0.05) is 13.1 Å². The number of aliphatic carboxylic acids is 2. The molecule has 2 amide bonds. The lowest BCUT2D eigenvalue weighted by Gasteiger charge is -2.21. The Balaban J connectivity index is 2.54. The molecule has 7 heteroatoms. The van der Waals surface area contributed by atoms with E-state index in [0.29, 0.717) is 24.9 Å². The maximum atomic E-state index is 11.9. The number of nitrogens with zero attached hydrogens (tertiary/aromatic N) is 1. The molecule has 1 fully saturated rings. The standard InChI is InChI=1S/C12H20N2O5/c1-7(2)8-3-4-14(6-8)12(19)13-9(11(17)18)5-10(15)16/h7-9H,3-6H2,1-2H3,(H,13,19)(H,15,16)(H,17,18)/t8?,9-/m1/s1. The van der Waals surface area contributed by atoms with E-state index in [1.807, 2.05) is 0 Å². The van der Waals surface area contributed by atoms with Crippen LogP contribution in [0.15, 0.2) is 0 Å². The predicted molar refractivity (Wildman–Crippen MR) is 66.7 cm³/mol. The summed E-state index contributed by atoms with van der Waals surface area (Å²) in [5, 5.41) is 19.7. The second-order valence-electron chi connectivity index (χ2n) is 5.18. The van der Waals surface area contributed by atoms with Crippen molar-refractivity contribution in [1.29, 1.82) is 0 Å². The summed E-state index contributed by atoms with van der Waals surface area (Å²) in [6, 6.07) is -1.89. The third-order valence-corrected chi connectivity index (χ3v) is 3.43. The fraction of sp³-hybridized carbons (Fsp3) is 0.750. The quantitative estimate of drug-likeness (QED) is 0.679. The molecule has 108 valence electrons. The number of urea groups is 1. The number of carboxylic acid groups (broad SMARTS) is 2. The minimum Gasteiger partial charge on any atom is -0.481 e. The first-order valence-electron chi connectivity index (χ1n) is 6.31. The van der Waals surface area contributed by atoms with Crippen LogP contribution in [-0.2, 0) is 9.59 Å². The van der Waals surface area contributed by atoms with E-state index in [2.05, 4.69) is 19.2 Å². The molecule has 0 aromatic rings. The zero-order chi connectivity index (χ0) is 14.6. The van der Waals surface area contributed by atoms with Gasteiger partial charge in [-0.1, -0.05) is 13.8 Å². The number of carboxylic acids is 2. The van der Waals surface area contributed by atoms with Crippen molar-refractivity contribution < 1.29 is 24.6 Å². The molecule has 1 aliphatic heterocycles. The van der Waals surface area contributed by atoms with E-state index < -0.39 is 30.4 Å². The van der Waals surface area contributed by atoms with E-state index in [1.54, 1.807) is 4.90 Å². The first kappa shape index (κ1) is 15.3. The number of carbonyl (C=O) groups is 3. The minimum absolute atomic E-state index is 0.411. The van der Waals surface area contributed by atoms with Crippen molar-refractivity contribution in [3.8, 4) is 0 Å². The van der Waals surface area contributed by atoms with Crippen LogP contribution in [0.3, 0.4) is 0 Å². The molecule has 3 N–H and O–H groups in total. The Kier molecular flexibility index (Phi) is 5.14. The number of hydrogen-bond acceptors (Lipinski definition) is 3. The Labute approximate surface area is 111 Å². The molecule has 0 spiro atoms. The van der Waals surface area contributed by atoms with E-state index in [9.17, 15) is 14.4 Å². The van der Waals surface area contributed by atoms with E-state index in [1.165, 1.54) is 0 Å². The van der Waals surface area contributed by atoms with Crippen molar-refractivity contribution in [2.45, 2.75) is 32.7 Å². The smallest absolute Gasteiger partial charge is 0.326 e.